The van der Waals surface area contributed by atoms with Gasteiger partial charge in [0.15, 0.2) is 0 Å². The second-order valence-electron chi connectivity index (χ2n) is 8.88. The largest absolute Gasteiger partial charge is 0.309 e. The van der Waals surface area contributed by atoms with Crippen LogP contribution in [0.15, 0.2) is 59.7 Å². The Morgan fingerprint density at radius 1 is 1.06 bits per heavy atom. The number of halogens is 1. The topological polar surface area (TPSA) is 46.9 Å². The lowest BCUT2D eigenvalue weighted by Gasteiger charge is -2.23. The summed E-state index contributed by atoms with van der Waals surface area (Å²) in [5, 5.41) is 4.32. The molecule has 1 N–H and O–H groups in total. The zero-order chi connectivity index (χ0) is 21.7. The number of rotatable bonds is 4. The Hall–Kier alpha value is -2.83. The lowest BCUT2D eigenvalue weighted by Crippen LogP contribution is -2.34. The minimum absolute atomic E-state index is 0.100. The van der Waals surface area contributed by atoms with E-state index in [-0.39, 0.29) is 23.5 Å². The molecule has 6 rings (SSSR count). The van der Waals surface area contributed by atoms with Crippen LogP contribution < -0.4 is 10.9 Å². The van der Waals surface area contributed by atoms with Crippen LogP contribution in [0.25, 0.3) is 10.2 Å². The van der Waals surface area contributed by atoms with Crippen molar-refractivity contribution in [3.05, 3.63) is 98.2 Å². The van der Waals surface area contributed by atoms with E-state index in [9.17, 15) is 9.18 Å². The minimum Gasteiger partial charge on any atom is -0.309 e. The highest BCUT2D eigenvalue weighted by Gasteiger charge is 2.28. The molecule has 2 heterocycles. The molecule has 4 aromatic rings. The van der Waals surface area contributed by atoms with Crippen molar-refractivity contribution in [1.29, 1.82) is 0 Å². The average Bonchev–Trinajstić information content (AvgIpc) is 3.40. The Balaban J connectivity index is 1.25. The molecule has 0 amide bonds. The summed E-state index contributed by atoms with van der Waals surface area (Å²) in [6.07, 6.45) is 6.18. The smallest absolute Gasteiger partial charge is 0.262 e. The number of nitrogens with zero attached hydrogens (tertiary/aromatic N) is 2. The van der Waals surface area contributed by atoms with Crippen molar-refractivity contribution in [2.45, 2.75) is 50.7 Å². The van der Waals surface area contributed by atoms with Gasteiger partial charge < -0.3 is 5.32 Å². The molecule has 0 unspecified atom stereocenters. The number of aromatic nitrogens is 2. The van der Waals surface area contributed by atoms with Crippen LogP contribution in [0.3, 0.4) is 0 Å². The van der Waals surface area contributed by atoms with E-state index in [1.54, 1.807) is 23.7 Å². The summed E-state index contributed by atoms with van der Waals surface area (Å²) in [7, 11) is 0. The quantitative estimate of drug-likeness (QED) is 0.500. The zero-order valence-corrected chi connectivity index (χ0v) is 18.5. The number of fused-ring (bicyclic) bond motifs is 4. The molecule has 6 heteroatoms. The third-order valence-corrected chi connectivity index (χ3v) is 8.12. The SMILES string of the molecule is O=c1c2c3c(sc2ncn1C1Cc2ccccc2C1)C[C@@H](NCc1ccccc1F)CC3. The van der Waals surface area contributed by atoms with Crippen molar-refractivity contribution < 1.29 is 4.39 Å². The normalized spacial score (nSPS) is 18.1. The number of hydrogen-bond acceptors (Lipinski definition) is 4. The molecule has 0 spiro atoms. The fraction of sp³-hybridized carbons (Fsp3) is 0.308. The fourth-order valence-electron chi connectivity index (χ4n) is 5.24. The van der Waals surface area contributed by atoms with Gasteiger partial charge in [0, 0.05) is 29.1 Å². The van der Waals surface area contributed by atoms with E-state index in [0.717, 1.165) is 42.3 Å². The molecule has 2 aliphatic rings. The molecule has 4 nitrogen and oxygen atoms in total. The number of benzene rings is 2. The van der Waals surface area contributed by atoms with Gasteiger partial charge in [-0.3, -0.25) is 9.36 Å². The third-order valence-electron chi connectivity index (χ3n) is 6.96. The van der Waals surface area contributed by atoms with Gasteiger partial charge in [-0.2, -0.15) is 0 Å². The Morgan fingerprint density at radius 3 is 2.59 bits per heavy atom. The first-order valence-corrected chi connectivity index (χ1v) is 12.0. The van der Waals surface area contributed by atoms with Gasteiger partial charge >= 0.3 is 0 Å². The Morgan fingerprint density at radius 2 is 1.81 bits per heavy atom. The third kappa shape index (κ3) is 3.38. The van der Waals surface area contributed by atoms with Crippen LogP contribution in [0.5, 0.6) is 0 Å². The van der Waals surface area contributed by atoms with Crippen LogP contribution in [-0.2, 0) is 32.2 Å². The first kappa shape index (κ1) is 19.8. The predicted octanol–water partition coefficient (Wildman–Crippen LogP) is 4.58. The van der Waals surface area contributed by atoms with Crippen molar-refractivity contribution in [3.8, 4) is 0 Å². The van der Waals surface area contributed by atoms with Crippen molar-refractivity contribution in [1.82, 2.24) is 14.9 Å². The molecule has 0 fully saturated rings. The van der Waals surface area contributed by atoms with Crippen LogP contribution in [-0.4, -0.2) is 15.6 Å². The van der Waals surface area contributed by atoms with Crippen molar-refractivity contribution in [2.24, 2.45) is 0 Å². The van der Waals surface area contributed by atoms with E-state index in [0.29, 0.717) is 12.1 Å². The van der Waals surface area contributed by atoms with Crippen molar-refractivity contribution in [2.75, 3.05) is 0 Å². The summed E-state index contributed by atoms with van der Waals surface area (Å²) in [5.41, 5.74) is 4.64. The summed E-state index contributed by atoms with van der Waals surface area (Å²) < 4.78 is 15.8. The number of thiophene rings is 1. The zero-order valence-electron chi connectivity index (χ0n) is 17.7. The summed E-state index contributed by atoms with van der Waals surface area (Å²) in [6.45, 7) is 0.519. The van der Waals surface area contributed by atoms with Gasteiger partial charge in [0.05, 0.1) is 11.7 Å². The molecule has 1 atom stereocenters. The van der Waals surface area contributed by atoms with Gasteiger partial charge in [0.25, 0.3) is 5.56 Å². The Kier molecular flexibility index (Phi) is 4.92. The summed E-state index contributed by atoms with van der Waals surface area (Å²) in [6, 6.07) is 15.8. The summed E-state index contributed by atoms with van der Waals surface area (Å²) in [4.78, 5) is 20.3. The number of nitrogens with one attached hydrogen (secondary N) is 1. The van der Waals surface area contributed by atoms with E-state index in [1.165, 1.54) is 27.6 Å². The molecule has 0 bridgehead atoms. The average molecular weight is 446 g/mol. The van der Waals surface area contributed by atoms with Gasteiger partial charge in [0.1, 0.15) is 10.6 Å². The van der Waals surface area contributed by atoms with Gasteiger partial charge in [-0.1, -0.05) is 42.5 Å². The van der Waals surface area contributed by atoms with Crippen LogP contribution in [0.4, 0.5) is 4.39 Å². The monoisotopic (exact) mass is 445 g/mol. The molecule has 2 aromatic heterocycles. The summed E-state index contributed by atoms with van der Waals surface area (Å²) >= 11 is 1.64. The van der Waals surface area contributed by atoms with E-state index in [2.05, 4.69) is 29.6 Å². The molecule has 0 saturated carbocycles. The highest BCUT2D eigenvalue weighted by atomic mass is 32.1. The number of aryl methyl sites for hydroxylation is 1. The van der Waals surface area contributed by atoms with E-state index in [1.807, 2.05) is 16.7 Å². The van der Waals surface area contributed by atoms with Gasteiger partial charge in [-0.05, 0) is 54.9 Å². The molecular formula is C26H24FN3OS. The number of hydrogen-bond donors (Lipinski definition) is 1. The van der Waals surface area contributed by atoms with Gasteiger partial charge in [-0.15, -0.1) is 11.3 Å². The molecule has 32 heavy (non-hydrogen) atoms. The first-order valence-electron chi connectivity index (χ1n) is 11.2. The Labute approximate surface area is 189 Å². The summed E-state index contributed by atoms with van der Waals surface area (Å²) in [5.74, 6) is -0.169. The maximum Gasteiger partial charge on any atom is 0.262 e. The van der Waals surface area contributed by atoms with Crippen LogP contribution in [0.1, 0.15) is 39.6 Å². The van der Waals surface area contributed by atoms with E-state index < -0.39 is 0 Å². The van der Waals surface area contributed by atoms with Crippen LogP contribution >= 0.6 is 11.3 Å². The first-order chi connectivity index (χ1) is 15.7. The Bertz CT molecular complexity index is 1350. The van der Waals surface area contributed by atoms with E-state index >= 15 is 0 Å². The second kappa shape index (κ2) is 7.94. The second-order valence-corrected chi connectivity index (χ2v) is 9.97. The van der Waals surface area contributed by atoms with Crippen LogP contribution in [0.2, 0.25) is 0 Å². The molecular weight excluding hydrogens is 421 g/mol. The van der Waals surface area contributed by atoms with Crippen molar-refractivity contribution in [3.63, 3.8) is 0 Å². The van der Waals surface area contributed by atoms with E-state index in [4.69, 9.17) is 4.98 Å². The highest BCUT2D eigenvalue weighted by Crippen LogP contribution is 2.35. The molecule has 162 valence electrons. The van der Waals surface area contributed by atoms with Crippen LogP contribution in [0, 0.1) is 5.82 Å². The lowest BCUT2D eigenvalue weighted by atomic mass is 9.93. The minimum atomic E-state index is -0.169. The molecule has 2 aromatic carbocycles. The molecule has 2 aliphatic carbocycles. The predicted molar refractivity (Wildman–Crippen MR) is 126 cm³/mol. The van der Waals surface area contributed by atoms with Crippen molar-refractivity contribution >= 4 is 21.6 Å². The molecule has 0 aliphatic heterocycles. The standard InChI is InChI=1S/C26H24FN3OS/c27-22-8-4-3-7-18(22)14-28-19-9-10-21-23(13-19)32-25-24(21)26(31)30(15-29-25)20-11-16-5-1-2-6-17(16)12-20/h1-8,15,19-20,28H,9-14H2/t19-/m0/s1. The maximum atomic E-state index is 13.9. The highest BCUT2D eigenvalue weighted by molar-refractivity contribution is 7.18. The van der Waals surface area contributed by atoms with Gasteiger partial charge in [0.2, 0.25) is 0 Å². The molecule has 0 saturated heterocycles. The van der Waals surface area contributed by atoms with Gasteiger partial charge in [-0.25, -0.2) is 9.37 Å². The molecule has 0 radical (unpaired) electrons. The maximum absolute atomic E-state index is 13.9. The lowest BCUT2D eigenvalue weighted by molar-refractivity contribution is 0.455. The fourth-order valence-corrected chi connectivity index (χ4v) is 6.50.